The van der Waals surface area contributed by atoms with Crippen LogP contribution < -0.4 is 0 Å². The van der Waals surface area contributed by atoms with Crippen molar-refractivity contribution in [3.63, 3.8) is 0 Å². The van der Waals surface area contributed by atoms with E-state index in [2.05, 4.69) is 21.0 Å². The lowest BCUT2D eigenvalue weighted by Crippen LogP contribution is -1.99. The maximum absolute atomic E-state index is 12.9. The number of hydrogen-bond acceptors (Lipinski definition) is 1. The SMILES string of the molecule is Fc1cn(Cc2ccccc2)nc1Br. The minimum absolute atomic E-state index is 0.258. The molecule has 0 aliphatic heterocycles. The number of rotatable bonds is 2. The van der Waals surface area contributed by atoms with E-state index >= 15 is 0 Å². The van der Waals surface area contributed by atoms with Gasteiger partial charge in [-0.3, -0.25) is 4.68 Å². The number of aromatic nitrogens is 2. The molecule has 0 spiro atoms. The zero-order valence-electron chi connectivity index (χ0n) is 7.32. The lowest BCUT2D eigenvalue weighted by atomic mass is 10.2. The van der Waals surface area contributed by atoms with Crippen molar-refractivity contribution < 1.29 is 4.39 Å². The molecule has 0 bridgehead atoms. The molecule has 2 nitrogen and oxygen atoms in total. The molecule has 14 heavy (non-hydrogen) atoms. The van der Waals surface area contributed by atoms with Crippen molar-refractivity contribution in [2.45, 2.75) is 6.54 Å². The molecule has 0 amide bonds. The van der Waals surface area contributed by atoms with Crippen LogP contribution in [0.5, 0.6) is 0 Å². The Morgan fingerprint density at radius 1 is 1.29 bits per heavy atom. The Balaban J connectivity index is 2.19. The van der Waals surface area contributed by atoms with Crippen LogP contribution in [0.3, 0.4) is 0 Å². The van der Waals surface area contributed by atoms with Gasteiger partial charge in [0.1, 0.15) is 0 Å². The Kier molecular flexibility index (Phi) is 2.63. The van der Waals surface area contributed by atoms with Crippen molar-refractivity contribution in [1.82, 2.24) is 9.78 Å². The average molecular weight is 255 g/mol. The molecule has 0 fully saturated rings. The van der Waals surface area contributed by atoms with Crippen molar-refractivity contribution in [3.8, 4) is 0 Å². The third-order valence-corrected chi connectivity index (χ3v) is 2.40. The summed E-state index contributed by atoms with van der Waals surface area (Å²) in [7, 11) is 0. The third-order valence-electron chi connectivity index (χ3n) is 1.86. The highest BCUT2D eigenvalue weighted by Crippen LogP contribution is 2.12. The topological polar surface area (TPSA) is 17.8 Å². The maximum Gasteiger partial charge on any atom is 0.175 e. The molecule has 2 rings (SSSR count). The molecule has 0 atom stereocenters. The molecule has 0 N–H and O–H groups in total. The van der Waals surface area contributed by atoms with Crippen LogP contribution in [0.25, 0.3) is 0 Å². The van der Waals surface area contributed by atoms with Gasteiger partial charge in [0.05, 0.1) is 12.7 Å². The van der Waals surface area contributed by atoms with E-state index in [1.807, 2.05) is 30.3 Å². The van der Waals surface area contributed by atoms with Crippen LogP contribution in [-0.2, 0) is 6.54 Å². The summed E-state index contributed by atoms with van der Waals surface area (Å²) in [6, 6.07) is 9.80. The molecule has 1 aromatic heterocycles. The predicted octanol–water partition coefficient (Wildman–Crippen LogP) is 2.83. The second kappa shape index (κ2) is 3.92. The summed E-state index contributed by atoms with van der Waals surface area (Å²) in [6.07, 6.45) is 1.37. The molecule has 0 saturated carbocycles. The fourth-order valence-corrected chi connectivity index (χ4v) is 1.53. The summed E-state index contributed by atoms with van der Waals surface area (Å²) < 4.78 is 14.7. The predicted molar refractivity (Wildman–Crippen MR) is 55.4 cm³/mol. The van der Waals surface area contributed by atoms with Crippen LogP contribution in [0.2, 0.25) is 0 Å². The number of hydrogen-bond donors (Lipinski definition) is 0. The van der Waals surface area contributed by atoms with Gasteiger partial charge in [0.2, 0.25) is 0 Å². The first-order valence-electron chi connectivity index (χ1n) is 4.18. The van der Waals surface area contributed by atoms with Gasteiger partial charge in [-0.05, 0) is 21.5 Å². The van der Waals surface area contributed by atoms with E-state index in [9.17, 15) is 4.39 Å². The van der Waals surface area contributed by atoms with Gasteiger partial charge in [0.25, 0.3) is 0 Å². The zero-order valence-corrected chi connectivity index (χ0v) is 8.91. The molecule has 1 heterocycles. The van der Waals surface area contributed by atoms with Crippen LogP contribution in [0.15, 0.2) is 41.1 Å². The van der Waals surface area contributed by atoms with Gasteiger partial charge in [-0.15, -0.1) is 0 Å². The minimum Gasteiger partial charge on any atom is -0.264 e. The first-order valence-corrected chi connectivity index (χ1v) is 4.97. The molecule has 0 aliphatic carbocycles. The van der Waals surface area contributed by atoms with E-state index in [0.29, 0.717) is 6.54 Å². The highest BCUT2D eigenvalue weighted by Gasteiger charge is 2.04. The van der Waals surface area contributed by atoms with E-state index in [1.54, 1.807) is 4.68 Å². The first kappa shape index (κ1) is 9.40. The highest BCUT2D eigenvalue weighted by atomic mass is 79.9. The lowest BCUT2D eigenvalue weighted by Gasteiger charge is -1.99. The first-order chi connectivity index (χ1) is 6.75. The highest BCUT2D eigenvalue weighted by molar-refractivity contribution is 9.10. The maximum atomic E-state index is 12.9. The molecular weight excluding hydrogens is 247 g/mol. The molecule has 4 heteroatoms. The summed E-state index contributed by atoms with van der Waals surface area (Å²) >= 11 is 3.02. The normalized spacial score (nSPS) is 10.4. The Morgan fingerprint density at radius 2 is 2.00 bits per heavy atom. The summed E-state index contributed by atoms with van der Waals surface area (Å²) in [6.45, 7) is 0.587. The Bertz CT molecular complexity index is 405. The van der Waals surface area contributed by atoms with Crippen LogP contribution in [0.4, 0.5) is 4.39 Å². The summed E-state index contributed by atoms with van der Waals surface area (Å²) in [5.74, 6) is -0.332. The van der Waals surface area contributed by atoms with Crippen LogP contribution >= 0.6 is 15.9 Å². The van der Waals surface area contributed by atoms with E-state index < -0.39 is 0 Å². The zero-order chi connectivity index (χ0) is 9.97. The second-order valence-corrected chi connectivity index (χ2v) is 3.70. The lowest BCUT2D eigenvalue weighted by molar-refractivity contribution is 0.616. The standard InChI is InChI=1S/C10H8BrFN2/c11-10-9(12)7-14(13-10)6-8-4-2-1-3-5-8/h1-5,7H,6H2. The van der Waals surface area contributed by atoms with E-state index in [-0.39, 0.29) is 10.4 Å². The monoisotopic (exact) mass is 254 g/mol. The Morgan fingerprint density at radius 3 is 2.57 bits per heavy atom. The Hall–Kier alpha value is -1.16. The van der Waals surface area contributed by atoms with Crippen molar-refractivity contribution in [3.05, 3.63) is 52.5 Å². The largest absolute Gasteiger partial charge is 0.264 e. The van der Waals surface area contributed by atoms with Crippen LogP contribution in [0.1, 0.15) is 5.56 Å². The van der Waals surface area contributed by atoms with Crippen LogP contribution in [0, 0.1) is 5.82 Å². The van der Waals surface area contributed by atoms with Crippen LogP contribution in [-0.4, -0.2) is 9.78 Å². The minimum atomic E-state index is -0.332. The molecule has 0 radical (unpaired) electrons. The van der Waals surface area contributed by atoms with Crippen molar-refractivity contribution in [1.29, 1.82) is 0 Å². The number of halogens is 2. The van der Waals surface area contributed by atoms with Crippen molar-refractivity contribution in [2.75, 3.05) is 0 Å². The average Bonchev–Trinajstić information content (AvgIpc) is 2.47. The quantitative estimate of drug-likeness (QED) is 0.806. The van der Waals surface area contributed by atoms with Gasteiger partial charge in [-0.1, -0.05) is 30.3 Å². The van der Waals surface area contributed by atoms with E-state index in [4.69, 9.17) is 0 Å². The number of nitrogens with zero attached hydrogens (tertiary/aromatic N) is 2. The smallest absolute Gasteiger partial charge is 0.175 e. The molecule has 72 valence electrons. The molecular formula is C10H8BrFN2. The molecule has 1 aromatic carbocycles. The molecule has 0 saturated heterocycles. The van der Waals surface area contributed by atoms with Gasteiger partial charge >= 0.3 is 0 Å². The van der Waals surface area contributed by atoms with Gasteiger partial charge in [-0.2, -0.15) is 5.10 Å². The van der Waals surface area contributed by atoms with Crippen molar-refractivity contribution in [2.24, 2.45) is 0 Å². The summed E-state index contributed by atoms with van der Waals surface area (Å²) in [4.78, 5) is 0. The molecule has 0 aliphatic rings. The van der Waals surface area contributed by atoms with E-state index in [1.165, 1.54) is 6.20 Å². The van der Waals surface area contributed by atoms with Crippen molar-refractivity contribution >= 4 is 15.9 Å². The van der Waals surface area contributed by atoms with E-state index in [0.717, 1.165) is 5.56 Å². The Labute approximate surface area is 89.5 Å². The fraction of sp³-hybridized carbons (Fsp3) is 0.100. The summed E-state index contributed by atoms with van der Waals surface area (Å²) in [5.41, 5.74) is 1.10. The summed E-state index contributed by atoms with van der Waals surface area (Å²) in [5, 5.41) is 3.96. The molecule has 2 aromatic rings. The number of benzene rings is 1. The fourth-order valence-electron chi connectivity index (χ4n) is 1.22. The molecule has 0 unspecified atom stereocenters. The van der Waals surface area contributed by atoms with Gasteiger partial charge < -0.3 is 0 Å². The second-order valence-electron chi connectivity index (χ2n) is 2.95. The van der Waals surface area contributed by atoms with Gasteiger partial charge in [0, 0.05) is 0 Å². The van der Waals surface area contributed by atoms with Gasteiger partial charge in [0.15, 0.2) is 10.4 Å². The van der Waals surface area contributed by atoms with Gasteiger partial charge in [-0.25, -0.2) is 4.39 Å². The third kappa shape index (κ3) is 2.01.